The van der Waals surface area contributed by atoms with E-state index in [4.69, 9.17) is 4.74 Å². The molecule has 3 aromatic rings. The molecule has 3 rings (SSSR count). The quantitative estimate of drug-likeness (QED) is 0.486. The predicted octanol–water partition coefficient (Wildman–Crippen LogP) is 4.89. The molecule has 0 N–H and O–H groups in total. The molecule has 3 aromatic carbocycles. The topological polar surface area (TPSA) is 29.5 Å². The molecule has 0 aliphatic rings. The number of hydrogen-bond acceptors (Lipinski definition) is 3. The van der Waals surface area contributed by atoms with Gasteiger partial charge in [0.25, 0.3) is 0 Å². The van der Waals surface area contributed by atoms with Crippen LogP contribution in [-0.4, -0.2) is 20.1 Å². The highest BCUT2D eigenvalue weighted by Gasteiger charge is 2.10. The van der Waals surface area contributed by atoms with Gasteiger partial charge in [-0.3, -0.25) is 0 Å². The summed E-state index contributed by atoms with van der Waals surface area (Å²) >= 11 is 3.45. The first kappa shape index (κ1) is 15.6. The number of nitrogens with zero attached hydrogens (tertiary/aromatic N) is 1. The Hall–Kier alpha value is -2.33. The van der Waals surface area contributed by atoms with Crippen LogP contribution in [-0.2, 0) is 0 Å². The summed E-state index contributed by atoms with van der Waals surface area (Å²) in [6, 6.07) is 19.0. The van der Waals surface area contributed by atoms with Crippen LogP contribution in [0.5, 0.6) is 5.75 Å². The van der Waals surface area contributed by atoms with E-state index in [-0.39, 0.29) is 5.97 Å². The van der Waals surface area contributed by atoms with Crippen molar-refractivity contribution >= 4 is 38.4 Å². The molecule has 0 amide bonds. The predicted molar refractivity (Wildman–Crippen MR) is 97.4 cm³/mol. The summed E-state index contributed by atoms with van der Waals surface area (Å²) < 4.78 is 6.53. The van der Waals surface area contributed by atoms with Gasteiger partial charge in [0, 0.05) is 24.3 Å². The van der Waals surface area contributed by atoms with Crippen LogP contribution in [0.1, 0.15) is 10.4 Å². The van der Waals surface area contributed by atoms with Crippen LogP contribution in [0.2, 0.25) is 0 Å². The summed E-state index contributed by atoms with van der Waals surface area (Å²) in [5.41, 5.74) is 1.50. The average Bonchev–Trinajstić information content (AvgIpc) is 2.55. The number of ether oxygens (including phenoxy) is 1. The number of fused-ring (bicyclic) bond motifs is 1. The lowest BCUT2D eigenvalue weighted by molar-refractivity contribution is 0.0735. The van der Waals surface area contributed by atoms with E-state index in [1.165, 1.54) is 0 Å². The molecule has 0 atom stereocenters. The number of benzene rings is 3. The van der Waals surface area contributed by atoms with E-state index in [1.807, 2.05) is 73.6 Å². The highest BCUT2D eigenvalue weighted by molar-refractivity contribution is 9.10. The van der Waals surface area contributed by atoms with E-state index >= 15 is 0 Å². The molecule has 0 heterocycles. The van der Waals surface area contributed by atoms with Crippen molar-refractivity contribution < 1.29 is 9.53 Å². The number of halogens is 1. The summed E-state index contributed by atoms with van der Waals surface area (Å²) in [6.07, 6.45) is 0. The van der Waals surface area contributed by atoms with Crippen LogP contribution in [0.4, 0.5) is 5.69 Å². The summed E-state index contributed by atoms with van der Waals surface area (Å²) in [5.74, 6) is 0.185. The van der Waals surface area contributed by atoms with Crippen LogP contribution in [0.25, 0.3) is 10.8 Å². The second kappa shape index (κ2) is 6.42. The van der Waals surface area contributed by atoms with Gasteiger partial charge in [-0.1, -0.05) is 34.1 Å². The second-order valence-corrected chi connectivity index (χ2v) is 6.40. The first-order valence-electron chi connectivity index (χ1n) is 7.22. The molecule has 0 radical (unpaired) electrons. The zero-order valence-electron chi connectivity index (χ0n) is 12.9. The Labute approximate surface area is 143 Å². The molecule has 4 heteroatoms. The molecule has 0 saturated carbocycles. The van der Waals surface area contributed by atoms with Gasteiger partial charge < -0.3 is 9.64 Å². The molecule has 0 unspecified atom stereocenters. The van der Waals surface area contributed by atoms with Gasteiger partial charge in [-0.05, 0) is 53.2 Å². The molecule has 3 nitrogen and oxygen atoms in total. The fourth-order valence-electron chi connectivity index (χ4n) is 2.34. The number of carbonyl (C=O) groups is 1. The van der Waals surface area contributed by atoms with Crippen molar-refractivity contribution in [2.45, 2.75) is 0 Å². The summed E-state index contributed by atoms with van der Waals surface area (Å²) in [7, 11) is 3.87. The molecule has 0 fully saturated rings. The molecule has 0 spiro atoms. The zero-order valence-corrected chi connectivity index (χ0v) is 14.5. The molecule has 0 bridgehead atoms. The first-order valence-corrected chi connectivity index (χ1v) is 8.01. The number of anilines is 1. The third-order valence-corrected chi connectivity index (χ3v) is 4.08. The number of carbonyl (C=O) groups excluding carboxylic acids is 1. The van der Waals surface area contributed by atoms with Crippen LogP contribution in [0.3, 0.4) is 0 Å². The Balaban J connectivity index is 1.85. The Kier molecular flexibility index (Phi) is 4.35. The van der Waals surface area contributed by atoms with Gasteiger partial charge in [-0.2, -0.15) is 0 Å². The minimum absolute atomic E-state index is 0.356. The lowest BCUT2D eigenvalue weighted by Crippen LogP contribution is -2.12. The van der Waals surface area contributed by atoms with Crippen molar-refractivity contribution in [3.8, 4) is 5.75 Å². The number of rotatable bonds is 3. The highest BCUT2D eigenvalue weighted by Crippen LogP contribution is 2.25. The Morgan fingerprint density at radius 2 is 1.70 bits per heavy atom. The van der Waals surface area contributed by atoms with Gasteiger partial charge in [0.2, 0.25) is 0 Å². The zero-order chi connectivity index (χ0) is 16.4. The third kappa shape index (κ3) is 3.54. The van der Waals surface area contributed by atoms with Crippen LogP contribution in [0.15, 0.2) is 65.1 Å². The highest BCUT2D eigenvalue weighted by atomic mass is 79.9. The molecule has 0 saturated heterocycles. The SMILES string of the molecule is CN(C)c1cccc(C(=O)Oc2ccc3cc(Br)ccc3c2)c1. The molecule has 0 aromatic heterocycles. The Morgan fingerprint density at radius 3 is 2.48 bits per heavy atom. The Bertz CT molecular complexity index is 874. The van der Waals surface area contributed by atoms with Crippen molar-refractivity contribution in [1.82, 2.24) is 0 Å². The largest absolute Gasteiger partial charge is 0.423 e. The van der Waals surface area contributed by atoms with Crippen LogP contribution < -0.4 is 9.64 Å². The van der Waals surface area contributed by atoms with E-state index in [9.17, 15) is 4.79 Å². The molecular formula is C19H16BrNO2. The molecule has 0 aliphatic carbocycles. The van der Waals surface area contributed by atoms with Gasteiger partial charge in [0.1, 0.15) is 5.75 Å². The molecule has 23 heavy (non-hydrogen) atoms. The standard InChI is InChI=1S/C19H16BrNO2/c1-21(2)17-5-3-4-15(11-17)19(22)23-18-9-7-13-10-16(20)8-6-14(13)12-18/h3-12H,1-2H3. The number of esters is 1. The van der Waals surface area contributed by atoms with Crippen molar-refractivity contribution in [1.29, 1.82) is 0 Å². The maximum absolute atomic E-state index is 12.3. The van der Waals surface area contributed by atoms with Crippen molar-refractivity contribution in [3.63, 3.8) is 0 Å². The summed E-state index contributed by atoms with van der Waals surface area (Å²) in [4.78, 5) is 14.3. The van der Waals surface area contributed by atoms with Crippen molar-refractivity contribution in [3.05, 3.63) is 70.7 Å². The summed E-state index contributed by atoms with van der Waals surface area (Å²) in [5, 5.41) is 2.12. The van der Waals surface area contributed by atoms with Crippen LogP contribution in [0, 0.1) is 0 Å². The van der Waals surface area contributed by atoms with Gasteiger partial charge in [-0.25, -0.2) is 4.79 Å². The van der Waals surface area contributed by atoms with Crippen LogP contribution >= 0.6 is 15.9 Å². The smallest absolute Gasteiger partial charge is 0.343 e. The number of hydrogen-bond donors (Lipinski definition) is 0. The minimum atomic E-state index is -0.356. The Morgan fingerprint density at radius 1 is 0.957 bits per heavy atom. The lowest BCUT2D eigenvalue weighted by atomic mass is 10.1. The first-order chi connectivity index (χ1) is 11.0. The monoisotopic (exact) mass is 369 g/mol. The van der Waals surface area contributed by atoms with Gasteiger partial charge >= 0.3 is 5.97 Å². The van der Waals surface area contributed by atoms with E-state index < -0.39 is 0 Å². The second-order valence-electron chi connectivity index (χ2n) is 5.49. The van der Waals surface area contributed by atoms with E-state index in [0.29, 0.717) is 11.3 Å². The maximum atomic E-state index is 12.3. The third-order valence-electron chi connectivity index (χ3n) is 3.58. The van der Waals surface area contributed by atoms with E-state index in [1.54, 1.807) is 6.07 Å². The lowest BCUT2D eigenvalue weighted by Gasteiger charge is -2.13. The summed E-state index contributed by atoms with van der Waals surface area (Å²) in [6.45, 7) is 0. The molecular weight excluding hydrogens is 354 g/mol. The molecule has 116 valence electrons. The maximum Gasteiger partial charge on any atom is 0.343 e. The van der Waals surface area contributed by atoms with Crippen molar-refractivity contribution in [2.75, 3.05) is 19.0 Å². The average molecular weight is 370 g/mol. The normalized spacial score (nSPS) is 10.6. The van der Waals surface area contributed by atoms with E-state index in [2.05, 4.69) is 15.9 Å². The fourth-order valence-corrected chi connectivity index (χ4v) is 2.71. The van der Waals surface area contributed by atoms with E-state index in [0.717, 1.165) is 20.9 Å². The fraction of sp³-hybridized carbons (Fsp3) is 0.105. The van der Waals surface area contributed by atoms with Gasteiger partial charge in [-0.15, -0.1) is 0 Å². The minimum Gasteiger partial charge on any atom is -0.423 e. The van der Waals surface area contributed by atoms with Gasteiger partial charge in [0.05, 0.1) is 5.56 Å². The van der Waals surface area contributed by atoms with Crippen molar-refractivity contribution in [2.24, 2.45) is 0 Å². The van der Waals surface area contributed by atoms with Gasteiger partial charge in [0.15, 0.2) is 0 Å². The molecule has 0 aliphatic heterocycles.